The summed E-state index contributed by atoms with van der Waals surface area (Å²) < 4.78 is 0. The Bertz CT molecular complexity index is 442. The van der Waals surface area contributed by atoms with Gasteiger partial charge in [0.05, 0.1) is 11.4 Å². The minimum Gasteiger partial charge on any atom is -0.395 e. The van der Waals surface area contributed by atoms with Crippen LogP contribution < -0.4 is 11.1 Å². The lowest BCUT2D eigenvalue weighted by atomic mass is 10.1. The van der Waals surface area contributed by atoms with Gasteiger partial charge in [0, 0.05) is 12.6 Å². The van der Waals surface area contributed by atoms with Gasteiger partial charge in [-0.1, -0.05) is 13.8 Å². The summed E-state index contributed by atoms with van der Waals surface area (Å²) in [6, 6.07) is 0.197. The Morgan fingerprint density at radius 3 is 3.00 bits per heavy atom. The topological polar surface area (TPSA) is 87.0 Å². The summed E-state index contributed by atoms with van der Waals surface area (Å²) in [5, 5.41) is 9.87. The van der Waals surface area contributed by atoms with E-state index >= 15 is 0 Å². The van der Waals surface area contributed by atoms with Crippen molar-refractivity contribution < 1.29 is 4.79 Å². The van der Waals surface area contributed by atoms with Gasteiger partial charge in [-0.25, -0.2) is 0 Å². The third-order valence-corrected chi connectivity index (χ3v) is 3.74. The number of nitrogens with zero attached hydrogens (tertiary/aromatic N) is 2. The maximum absolute atomic E-state index is 12.2. The number of aromatic nitrogens is 2. The smallest absolute Gasteiger partial charge is 0.274 e. The molecular formula is C13H23N5O. The van der Waals surface area contributed by atoms with Crippen LogP contribution >= 0.6 is 0 Å². The van der Waals surface area contributed by atoms with E-state index < -0.39 is 0 Å². The van der Waals surface area contributed by atoms with Crippen molar-refractivity contribution in [3.05, 3.63) is 11.4 Å². The first kappa shape index (κ1) is 13.9. The first-order valence-electron chi connectivity index (χ1n) is 7.01. The van der Waals surface area contributed by atoms with E-state index in [-0.39, 0.29) is 11.9 Å². The molecule has 1 unspecified atom stereocenters. The summed E-state index contributed by atoms with van der Waals surface area (Å²) >= 11 is 0. The number of hydrogen-bond donors (Lipinski definition) is 3. The molecule has 0 saturated carbocycles. The second kappa shape index (κ2) is 6.06. The van der Waals surface area contributed by atoms with Crippen molar-refractivity contribution in [2.75, 3.05) is 25.4 Å². The number of likely N-dealkylation sites (N-methyl/N-ethyl adjacent to an activating group) is 1. The number of nitrogens with one attached hydrogen (secondary N) is 2. The molecule has 106 valence electrons. The molecular weight excluding hydrogens is 242 g/mol. The molecule has 1 amide bonds. The third kappa shape index (κ3) is 3.07. The van der Waals surface area contributed by atoms with E-state index in [9.17, 15) is 4.79 Å². The average molecular weight is 265 g/mol. The lowest BCUT2D eigenvalue weighted by Gasteiger charge is -2.32. The zero-order chi connectivity index (χ0) is 13.8. The summed E-state index contributed by atoms with van der Waals surface area (Å²) in [5.41, 5.74) is 7.53. The molecule has 1 fully saturated rings. The van der Waals surface area contributed by atoms with Crippen LogP contribution in [0, 0.1) is 0 Å². The van der Waals surface area contributed by atoms with E-state index in [0.29, 0.717) is 11.4 Å². The van der Waals surface area contributed by atoms with E-state index in [1.54, 1.807) is 0 Å². The Hall–Kier alpha value is -1.56. The molecule has 6 nitrogen and oxygen atoms in total. The summed E-state index contributed by atoms with van der Waals surface area (Å²) in [4.78, 5) is 14.5. The van der Waals surface area contributed by atoms with Crippen molar-refractivity contribution in [2.45, 2.75) is 39.2 Å². The Morgan fingerprint density at radius 1 is 1.58 bits per heavy atom. The predicted octanol–water partition coefficient (Wildman–Crippen LogP) is 0.768. The highest BCUT2D eigenvalue weighted by molar-refractivity contribution is 5.97. The third-order valence-electron chi connectivity index (χ3n) is 3.74. The fraction of sp³-hybridized carbons (Fsp3) is 0.692. The van der Waals surface area contributed by atoms with Crippen LogP contribution in [-0.4, -0.2) is 46.7 Å². The minimum atomic E-state index is -0.170. The van der Waals surface area contributed by atoms with Crippen LogP contribution in [0.3, 0.4) is 0 Å². The normalized spacial score (nSPS) is 20.4. The number of piperidine rings is 1. The SMILES string of the molecule is CCc1[nH]nc(C(=O)NC2CCCN(CC)C2)c1N. The van der Waals surface area contributed by atoms with E-state index in [0.717, 1.165) is 44.6 Å². The summed E-state index contributed by atoms with van der Waals surface area (Å²) in [6.07, 6.45) is 2.89. The summed E-state index contributed by atoms with van der Waals surface area (Å²) in [7, 11) is 0. The molecule has 4 N–H and O–H groups in total. The standard InChI is InChI=1S/C13H23N5O/c1-3-10-11(14)12(17-16-10)13(19)15-9-6-5-7-18(4-2)8-9/h9H,3-8,14H2,1-2H3,(H,15,19)(H,16,17). The number of anilines is 1. The number of aryl methyl sites for hydroxylation is 1. The quantitative estimate of drug-likeness (QED) is 0.750. The van der Waals surface area contributed by atoms with Gasteiger partial charge in [-0.15, -0.1) is 0 Å². The van der Waals surface area contributed by atoms with Gasteiger partial charge in [-0.2, -0.15) is 5.10 Å². The van der Waals surface area contributed by atoms with E-state index in [1.807, 2.05) is 6.92 Å². The Labute approximate surface area is 113 Å². The molecule has 1 aliphatic rings. The van der Waals surface area contributed by atoms with Crippen LogP contribution in [0.4, 0.5) is 5.69 Å². The first-order chi connectivity index (χ1) is 9.15. The highest BCUT2D eigenvalue weighted by Crippen LogP contribution is 2.15. The summed E-state index contributed by atoms with van der Waals surface area (Å²) in [5.74, 6) is -0.170. The number of aromatic amines is 1. The van der Waals surface area contributed by atoms with Crippen LogP contribution in [0.15, 0.2) is 0 Å². The van der Waals surface area contributed by atoms with Crippen molar-refractivity contribution in [1.82, 2.24) is 20.4 Å². The van der Waals surface area contributed by atoms with Crippen molar-refractivity contribution >= 4 is 11.6 Å². The molecule has 0 bridgehead atoms. The van der Waals surface area contributed by atoms with Gasteiger partial charge in [0.15, 0.2) is 5.69 Å². The Balaban J connectivity index is 1.98. The van der Waals surface area contributed by atoms with E-state index in [4.69, 9.17) is 5.73 Å². The number of hydrogen-bond acceptors (Lipinski definition) is 4. The van der Waals surface area contributed by atoms with Gasteiger partial charge in [-0.05, 0) is 32.4 Å². The summed E-state index contributed by atoms with van der Waals surface area (Å²) in [6.45, 7) is 7.17. The molecule has 19 heavy (non-hydrogen) atoms. The number of carbonyl (C=O) groups excluding carboxylic acids is 1. The molecule has 1 atom stereocenters. The van der Waals surface area contributed by atoms with Gasteiger partial charge >= 0.3 is 0 Å². The molecule has 1 aliphatic heterocycles. The molecule has 0 aromatic carbocycles. The van der Waals surface area contributed by atoms with Crippen molar-refractivity contribution in [1.29, 1.82) is 0 Å². The lowest BCUT2D eigenvalue weighted by molar-refractivity contribution is 0.0901. The molecule has 2 rings (SSSR count). The van der Waals surface area contributed by atoms with Crippen LogP contribution in [-0.2, 0) is 6.42 Å². The number of likely N-dealkylation sites (tertiary alicyclic amines) is 1. The predicted molar refractivity (Wildman–Crippen MR) is 75.0 cm³/mol. The van der Waals surface area contributed by atoms with Crippen LogP contribution in [0.25, 0.3) is 0 Å². The molecule has 0 spiro atoms. The zero-order valence-corrected chi connectivity index (χ0v) is 11.7. The highest BCUT2D eigenvalue weighted by atomic mass is 16.2. The Kier molecular flexibility index (Phi) is 4.42. The molecule has 0 aliphatic carbocycles. The lowest BCUT2D eigenvalue weighted by Crippen LogP contribution is -2.47. The van der Waals surface area contributed by atoms with Gasteiger partial charge in [-0.3, -0.25) is 9.89 Å². The van der Waals surface area contributed by atoms with Gasteiger partial charge in [0.2, 0.25) is 0 Å². The minimum absolute atomic E-state index is 0.170. The number of nitrogens with two attached hydrogens (primary N) is 1. The molecule has 0 radical (unpaired) electrons. The fourth-order valence-electron chi connectivity index (χ4n) is 2.54. The fourth-order valence-corrected chi connectivity index (χ4v) is 2.54. The number of rotatable bonds is 4. The zero-order valence-electron chi connectivity index (χ0n) is 11.7. The van der Waals surface area contributed by atoms with Crippen LogP contribution in [0.5, 0.6) is 0 Å². The average Bonchev–Trinajstić information content (AvgIpc) is 2.80. The highest BCUT2D eigenvalue weighted by Gasteiger charge is 2.23. The first-order valence-corrected chi connectivity index (χ1v) is 7.01. The largest absolute Gasteiger partial charge is 0.395 e. The van der Waals surface area contributed by atoms with Crippen LogP contribution in [0.2, 0.25) is 0 Å². The van der Waals surface area contributed by atoms with Gasteiger partial charge < -0.3 is 16.0 Å². The van der Waals surface area contributed by atoms with Gasteiger partial charge in [0.25, 0.3) is 5.91 Å². The second-order valence-electron chi connectivity index (χ2n) is 5.02. The van der Waals surface area contributed by atoms with Crippen LogP contribution in [0.1, 0.15) is 42.9 Å². The van der Waals surface area contributed by atoms with Gasteiger partial charge in [0.1, 0.15) is 0 Å². The maximum atomic E-state index is 12.2. The molecule has 6 heteroatoms. The molecule has 2 heterocycles. The molecule has 1 saturated heterocycles. The number of nitrogen functional groups attached to an aromatic ring is 1. The monoisotopic (exact) mass is 265 g/mol. The van der Waals surface area contributed by atoms with Crippen molar-refractivity contribution in [3.63, 3.8) is 0 Å². The number of amides is 1. The maximum Gasteiger partial charge on any atom is 0.274 e. The second-order valence-corrected chi connectivity index (χ2v) is 5.02. The molecule has 1 aromatic rings. The molecule has 1 aromatic heterocycles. The van der Waals surface area contributed by atoms with Crippen molar-refractivity contribution in [3.8, 4) is 0 Å². The number of H-pyrrole nitrogens is 1. The van der Waals surface area contributed by atoms with E-state index in [2.05, 4.69) is 27.3 Å². The van der Waals surface area contributed by atoms with Crippen molar-refractivity contribution in [2.24, 2.45) is 0 Å². The van der Waals surface area contributed by atoms with E-state index in [1.165, 1.54) is 0 Å². The Morgan fingerprint density at radius 2 is 2.37 bits per heavy atom. The number of carbonyl (C=O) groups is 1.